The van der Waals surface area contributed by atoms with Crippen LogP contribution in [-0.2, 0) is 0 Å². The van der Waals surface area contributed by atoms with E-state index < -0.39 is 0 Å². The zero-order valence-electron chi connectivity index (χ0n) is 12.2. The number of aromatic nitrogens is 1. The molecule has 2 N–H and O–H groups in total. The van der Waals surface area contributed by atoms with Gasteiger partial charge in [0.05, 0.1) is 4.88 Å². The highest BCUT2D eigenvalue weighted by Crippen LogP contribution is 2.37. The van der Waals surface area contributed by atoms with Crippen molar-refractivity contribution in [2.75, 3.05) is 18.4 Å². The first-order valence-corrected chi connectivity index (χ1v) is 8.18. The van der Waals surface area contributed by atoms with Crippen LogP contribution in [0.1, 0.15) is 12.8 Å². The minimum Gasteiger partial charge on any atom is -0.359 e. The Labute approximate surface area is 147 Å². The van der Waals surface area contributed by atoms with Crippen molar-refractivity contribution in [1.82, 2.24) is 10.3 Å². The number of hydrogen-bond acceptors (Lipinski definition) is 4. The van der Waals surface area contributed by atoms with Gasteiger partial charge in [-0.1, -0.05) is 41.7 Å². The summed E-state index contributed by atoms with van der Waals surface area (Å²) in [6, 6.07) is 11.1. The summed E-state index contributed by atoms with van der Waals surface area (Å²) in [6.07, 6.45) is 4.56. The molecule has 0 bridgehead atoms. The third-order valence-electron chi connectivity index (χ3n) is 4.55. The lowest BCUT2D eigenvalue weighted by molar-refractivity contribution is 0.494. The number of hydrogen-bond donors (Lipinski definition) is 2. The van der Waals surface area contributed by atoms with E-state index in [1.54, 1.807) is 11.3 Å². The predicted molar refractivity (Wildman–Crippen MR) is 98.5 cm³/mol. The number of nitrogens with zero attached hydrogens (tertiary/aromatic N) is 1. The van der Waals surface area contributed by atoms with Crippen molar-refractivity contribution in [3.05, 3.63) is 36.5 Å². The smallest absolute Gasteiger partial charge is 0.183 e. The Hall–Kier alpha value is -0.810. The Morgan fingerprint density at radius 1 is 1.05 bits per heavy atom. The predicted octanol–water partition coefficient (Wildman–Crippen LogP) is 4.06. The fourth-order valence-electron chi connectivity index (χ4n) is 3.54. The highest BCUT2D eigenvalue weighted by Gasteiger charge is 2.37. The first-order valence-electron chi connectivity index (χ1n) is 7.37. The third-order valence-corrected chi connectivity index (χ3v) is 5.52. The molecule has 2 heterocycles. The standard InChI is InChI=1S/C16H19N3S.2ClH/c1-2-4-11(5-3-1)15-10-18-16(20-15)19-14-6-12-8-17-9-13(12)7-14;;/h1-5,10,12-14,17H,6-9H2,(H,18,19);2*1H/t12-,13+,14?;;. The van der Waals surface area contributed by atoms with Gasteiger partial charge in [0.1, 0.15) is 0 Å². The average molecular weight is 358 g/mol. The zero-order valence-corrected chi connectivity index (χ0v) is 14.6. The van der Waals surface area contributed by atoms with Gasteiger partial charge >= 0.3 is 0 Å². The Balaban J connectivity index is 0.000000882. The number of benzene rings is 1. The molecule has 0 spiro atoms. The Morgan fingerprint density at radius 3 is 2.41 bits per heavy atom. The quantitative estimate of drug-likeness (QED) is 0.869. The number of halogens is 2. The molecule has 1 aromatic heterocycles. The lowest BCUT2D eigenvalue weighted by Gasteiger charge is -2.12. The van der Waals surface area contributed by atoms with Crippen LogP contribution < -0.4 is 10.6 Å². The van der Waals surface area contributed by atoms with Gasteiger partial charge in [-0.15, -0.1) is 24.8 Å². The molecule has 1 aliphatic carbocycles. The van der Waals surface area contributed by atoms with Gasteiger partial charge in [-0.3, -0.25) is 0 Å². The number of fused-ring (bicyclic) bond motifs is 1. The van der Waals surface area contributed by atoms with E-state index in [-0.39, 0.29) is 24.8 Å². The maximum atomic E-state index is 4.54. The second kappa shape index (κ2) is 7.64. The number of rotatable bonds is 3. The first kappa shape index (κ1) is 17.5. The van der Waals surface area contributed by atoms with Crippen LogP contribution in [-0.4, -0.2) is 24.1 Å². The highest BCUT2D eigenvalue weighted by molar-refractivity contribution is 7.18. The molecule has 1 aromatic carbocycles. The van der Waals surface area contributed by atoms with E-state index in [2.05, 4.69) is 45.9 Å². The second-order valence-electron chi connectivity index (χ2n) is 5.89. The third kappa shape index (κ3) is 3.57. The van der Waals surface area contributed by atoms with Gasteiger partial charge < -0.3 is 10.6 Å². The van der Waals surface area contributed by atoms with Crippen molar-refractivity contribution in [2.45, 2.75) is 18.9 Å². The summed E-state index contributed by atoms with van der Waals surface area (Å²) in [5, 5.41) is 8.20. The number of nitrogens with one attached hydrogen (secondary N) is 2. The summed E-state index contributed by atoms with van der Waals surface area (Å²) >= 11 is 1.76. The van der Waals surface area contributed by atoms with Crippen molar-refractivity contribution in [3.8, 4) is 10.4 Å². The van der Waals surface area contributed by atoms with Crippen LogP contribution in [0.25, 0.3) is 10.4 Å². The fraction of sp³-hybridized carbons (Fsp3) is 0.438. The van der Waals surface area contributed by atoms with E-state index in [4.69, 9.17) is 0 Å². The van der Waals surface area contributed by atoms with Crippen LogP contribution in [0.3, 0.4) is 0 Å². The summed E-state index contributed by atoms with van der Waals surface area (Å²) in [5.41, 5.74) is 1.26. The first-order chi connectivity index (χ1) is 9.88. The summed E-state index contributed by atoms with van der Waals surface area (Å²) in [5.74, 6) is 1.75. The molecule has 2 aliphatic rings. The molecule has 2 aromatic rings. The largest absolute Gasteiger partial charge is 0.359 e. The second-order valence-corrected chi connectivity index (χ2v) is 6.92. The van der Waals surface area contributed by atoms with E-state index in [9.17, 15) is 0 Å². The molecular formula is C16H21Cl2N3S. The van der Waals surface area contributed by atoms with Gasteiger partial charge in [0.2, 0.25) is 0 Å². The molecule has 3 nitrogen and oxygen atoms in total. The van der Waals surface area contributed by atoms with Gasteiger partial charge in [0, 0.05) is 12.2 Å². The summed E-state index contributed by atoms with van der Waals surface area (Å²) in [6.45, 7) is 2.41. The molecular weight excluding hydrogens is 337 g/mol. The van der Waals surface area contributed by atoms with E-state index in [1.807, 2.05) is 6.20 Å². The van der Waals surface area contributed by atoms with Gasteiger partial charge in [0.15, 0.2) is 5.13 Å². The lowest BCUT2D eigenvalue weighted by atomic mass is 10.0. The summed E-state index contributed by atoms with van der Waals surface area (Å²) in [7, 11) is 0. The molecule has 1 aliphatic heterocycles. The van der Waals surface area contributed by atoms with E-state index >= 15 is 0 Å². The van der Waals surface area contributed by atoms with Crippen molar-refractivity contribution in [2.24, 2.45) is 11.8 Å². The van der Waals surface area contributed by atoms with Crippen LogP contribution >= 0.6 is 36.2 Å². The van der Waals surface area contributed by atoms with Gasteiger partial charge in [-0.2, -0.15) is 0 Å². The lowest BCUT2D eigenvalue weighted by Crippen LogP contribution is -2.20. The van der Waals surface area contributed by atoms with E-state index in [0.717, 1.165) is 17.0 Å². The maximum Gasteiger partial charge on any atom is 0.183 e. The fourth-order valence-corrected chi connectivity index (χ4v) is 4.43. The van der Waals surface area contributed by atoms with Crippen LogP contribution in [0.2, 0.25) is 0 Å². The van der Waals surface area contributed by atoms with Crippen LogP contribution in [0.5, 0.6) is 0 Å². The molecule has 22 heavy (non-hydrogen) atoms. The molecule has 0 radical (unpaired) electrons. The summed E-state index contributed by atoms with van der Waals surface area (Å²) in [4.78, 5) is 5.79. The minimum absolute atomic E-state index is 0. The van der Waals surface area contributed by atoms with Crippen LogP contribution in [0.4, 0.5) is 5.13 Å². The molecule has 0 amide bonds. The molecule has 6 heteroatoms. The number of anilines is 1. The summed E-state index contributed by atoms with van der Waals surface area (Å²) < 4.78 is 0. The minimum atomic E-state index is 0. The van der Waals surface area contributed by atoms with Crippen molar-refractivity contribution in [3.63, 3.8) is 0 Å². The molecule has 4 rings (SSSR count). The molecule has 1 saturated heterocycles. The normalized spacial score (nSPS) is 25.9. The van der Waals surface area contributed by atoms with Gasteiger partial charge in [0.25, 0.3) is 0 Å². The maximum absolute atomic E-state index is 4.54. The zero-order chi connectivity index (χ0) is 13.4. The van der Waals surface area contributed by atoms with Crippen molar-refractivity contribution in [1.29, 1.82) is 0 Å². The van der Waals surface area contributed by atoms with Crippen LogP contribution in [0.15, 0.2) is 36.5 Å². The van der Waals surface area contributed by atoms with Gasteiger partial charge in [-0.25, -0.2) is 4.98 Å². The Bertz CT molecular complexity index is 578. The number of thiazole rings is 1. The SMILES string of the molecule is Cl.Cl.c1ccc(-c2cnc(NC3C[C@H]4CNC[C@H]4C3)s2)cc1. The Kier molecular flexibility index (Phi) is 6.09. The van der Waals surface area contributed by atoms with E-state index in [0.29, 0.717) is 6.04 Å². The monoisotopic (exact) mass is 357 g/mol. The molecule has 3 atom stereocenters. The van der Waals surface area contributed by atoms with Gasteiger partial charge in [-0.05, 0) is 43.3 Å². The van der Waals surface area contributed by atoms with Crippen molar-refractivity contribution >= 4 is 41.3 Å². The topological polar surface area (TPSA) is 37.0 Å². The molecule has 1 saturated carbocycles. The molecule has 120 valence electrons. The molecule has 2 fully saturated rings. The van der Waals surface area contributed by atoms with E-state index in [1.165, 1.54) is 36.4 Å². The van der Waals surface area contributed by atoms with Crippen LogP contribution in [0, 0.1) is 11.8 Å². The highest BCUT2D eigenvalue weighted by atomic mass is 35.5. The Morgan fingerprint density at radius 2 is 1.73 bits per heavy atom. The average Bonchev–Trinajstić information content (AvgIpc) is 3.16. The van der Waals surface area contributed by atoms with Crippen molar-refractivity contribution < 1.29 is 0 Å². The molecule has 1 unspecified atom stereocenters.